The number of nitrogens with one attached hydrogen (secondary N) is 2. The molecule has 0 saturated heterocycles. The predicted molar refractivity (Wildman–Crippen MR) is 102 cm³/mol. The Bertz CT molecular complexity index is 1070. The van der Waals surface area contributed by atoms with Gasteiger partial charge in [0.15, 0.2) is 0 Å². The van der Waals surface area contributed by atoms with Gasteiger partial charge in [-0.05, 0) is 50.6 Å². The molecule has 31 heavy (non-hydrogen) atoms. The molecule has 1 aromatic carbocycles. The van der Waals surface area contributed by atoms with Crippen LogP contribution < -0.4 is 16.4 Å². The highest BCUT2D eigenvalue weighted by molar-refractivity contribution is 6.03. The average molecular weight is 442 g/mol. The van der Waals surface area contributed by atoms with E-state index in [2.05, 4.69) is 15.6 Å². The second kappa shape index (κ2) is 7.71. The number of anilines is 1. The van der Waals surface area contributed by atoms with Crippen molar-refractivity contribution in [2.24, 2.45) is 5.73 Å². The fraction of sp³-hybridized carbons (Fsp3) is 0.300. The van der Waals surface area contributed by atoms with Crippen LogP contribution in [0.3, 0.4) is 0 Å². The molecular weight excluding hydrogens is 423 g/mol. The normalized spacial score (nSPS) is 21.4. The first kappa shape index (κ1) is 22.3. The van der Waals surface area contributed by atoms with Crippen molar-refractivity contribution < 1.29 is 31.5 Å². The van der Waals surface area contributed by atoms with E-state index in [1.165, 1.54) is 19.9 Å². The van der Waals surface area contributed by atoms with Gasteiger partial charge in [0.2, 0.25) is 6.10 Å². The number of benzene rings is 1. The standard InChI is InChI=1S/C20H19F5N4O2/c1-9-6-11(21)8-27-15(9)17(30)28-12-4-5-14(22)13(7-12)19(3)18(20(23,24)25)31-10(2)16(26)29-19/h4-8,18,29H,26H2,1-3H3,(H,28,30)/t18-,19-/m1/s1. The molecule has 1 aromatic heterocycles. The predicted octanol–water partition coefficient (Wildman–Crippen LogP) is 3.83. The number of nitrogens with zero attached hydrogens (tertiary/aromatic N) is 1. The number of amides is 1. The van der Waals surface area contributed by atoms with Gasteiger partial charge in [-0.25, -0.2) is 13.8 Å². The molecule has 0 spiro atoms. The molecule has 0 unspecified atom stereocenters. The van der Waals surface area contributed by atoms with Crippen molar-refractivity contribution in [2.75, 3.05) is 5.32 Å². The number of allylic oxidation sites excluding steroid dienone is 1. The van der Waals surface area contributed by atoms with Crippen LogP contribution in [0.15, 0.2) is 42.0 Å². The number of nitrogens with two attached hydrogens (primary N) is 1. The SMILES string of the molecule is CC1=C(N)N[C@](C)(c2cc(NC(=O)c3ncc(F)cc3C)ccc2F)[C@H](C(F)(F)F)O1. The average Bonchev–Trinajstić information content (AvgIpc) is 2.65. The van der Waals surface area contributed by atoms with Crippen LogP contribution in [0, 0.1) is 18.6 Å². The Morgan fingerprint density at radius 3 is 2.55 bits per heavy atom. The van der Waals surface area contributed by atoms with Crippen LogP contribution in [0.2, 0.25) is 0 Å². The number of carbonyl (C=O) groups is 1. The number of pyridine rings is 1. The van der Waals surface area contributed by atoms with Crippen molar-refractivity contribution in [3.63, 3.8) is 0 Å². The molecule has 0 aliphatic carbocycles. The molecule has 0 fully saturated rings. The Morgan fingerprint density at radius 2 is 1.94 bits per heavy atom. The number of halogens is 5. The van der Waals surface area contributed by atoms with Gasteiger partial charge in [-0.2, -0.15) is 13.2 Å². The largest absolute Gasteiger partial charge is 0.479 e. The molecule has 2 heterocycles. The molecule has 4 N–H and O–H groups in total. The maximum atomic E-state index is 14.7. The molecule has 0 radical (unpaired) electrons. The molecule has 0 saturated carbocycles. The van der Waals surface area contributed by atoms with Crippen molar-refractivity contribution in [3.8, 4) is 0 Å². The van der Waals surface area contributed by atoms with Gasteiger partial charge in [-0.1, -0.05) is 0 Å². The fourth-order valence-corrected chi connectivity index (χ4v) is 3.36. The molecule has 6 nitrogen and oxygen atoms in total. The summed E-state index contributed by atoms with van der Waals surface area (Å²) in [5, 5.41) is 4.92. The van der Waals surface area contributed by atoms with Gasteiger partial charge < -0.3 is 21.1 Å². The van der Waals surface area contributed by atoms with Crippen molar-refractivity contribution >= 4 is 11.6 Å². The summed E-state index contributed by atoms with van der Waals surface area (Å²) >= 11 is 0. The Balaban J connectivity index is 2.01. The maximum Gasteiger partial charge on any atom is 0.428 e. The number of carbonyl (C=O) groups excluding carboxylic acids is 1. The second-order valence-corrected chi connectivity index (χ2v) is 7.30. The van der Waals surface area contributed by atoms with Crippen LogP contribution in [0.1, 0.15) is 35.5 Å². The lowest BCUT2D eigenvalue weighted by atomic mass is 9.84. The van der Waals surface area contributed by atoms with Crippen molar-refractivity contribution in [1.29, 1.82) is 0 Å². The van der Waals surface area contributed by atoms with Gasteiger partial charge in [-0.3, -0.25) is 4.79 Å². The highest BCUT2D eigenvalue weighted by Crippen LogP contribution is 2.42. The minimum Gasteiger partial charge on any atom is -0.479 e. The lowest BCUT2D eigenvalue weighted by Crippen LogP contribution is -2.60. The van der Waals surface area contributed by atoms with Crippen LogP contribution in [0.5, 0.6) is 0 Å². The summed E-state index contributed by atoms with van der Waals surface area (Å²) < 4.78 is 74.0. The third-order valence-corrected chi connectivity index (χ3v) is 4.93. The van der Waals surface area contributed by atoms with E-state index in [0.29, 0.717) is 0 Å². The number of alkyl halides is 3. The molecule has 2 atom stereocenters. The van der Waals surface area contributed by atoms with Crippen molar-refractivity contribution in [1.82, 2.24) is 10.3 Å². The molecule has 1 aliphatic rings. The zero-order valence-corrected chi connectivity index (χ0v) is 16.7. The summed E-state index contributed by atoms with van der Waals surface area (Å²) in [7, 11) is 0. The Morgan fingerprint density at radius 1 is 1.26 bits per heavy atom. The van der Waals surface area contributed by atoms with E-state index in [1.54, 1.807) is 0 Å². The summed E-state index contributed by atoms with van der Waals surface area (Å²) in [6.45, 7) is 3.82. The monoisotopic (exact) mass is 442 g/mol. The summed E-state index contributed by atoms with van der Waals surface area (Å²) in [6, 6.07) is 4.25. The highest BCUT2D eigenvalue weighted by atomic mass is 19.4. The maximum absolute atomic E-state index is 14.7. The van der Waals surface area contributed by atoms with Gasteiger partial charge in [0.1, 0.15) is 34.4 Å². The molecular formula is C20H19F5N4O2. The second-order valence-electron chi connectivity index (χ2n) is 7.30. The van der Waals surface area contributed by atoms with Crippen LogP contribution in [-0.2, 0) is 10.3 Å². The van der Waals surface area contributed by atoms with E-state index >= 15 is 0 Å². The van der Waals surface area contributed by atoms with E-state index in [1.807, 2.05) is 0 Å². The summed E-state index contributed by atoms with van der Waals surface area (Å²) in [5.41, 5.74) is 3.32. The molecule has 1 amide bonds. The third-order valence-electron chi connectivity index (χ3n) is 4.93. The number of hydrogen-bond donors (Lipinski definition) is 3. The highest BCUT2D eigenvalue weighted by Gasteiger charge is 2.57. The first-order valence-electron chi connectivity index (χ1n) is 9.04. The lowest BCUT2D eigenvalue weighted by Gasteiger charge is -2.44. The minimum absolute atomic E-state index is 0.000668. The summed E-state index contributed by atoms with van der Waals surface area (Å²) in [4.78, 5) is 16.2. The number of aryl methyl sites for hydroxylation is 1. The van der Waals surface area contributed by atoms with E-state index in [-0.39, 0.29) is 28.5 Å². The van der Waals surface area contributed by atoms with Gasteiger partial charge >= 0.3 is 6.18 Å². The smallest absolute Gasteiger partial charge is 0.428 e. The van der Waals surface area contributed by atoms with Gasteiger partial charge in [0.25, 0.3) is 5.91 Å². The molecule has 166 valence electrons. The Kier molecular flexibility index (Phi) is 5.55. The minimum atomic E-state index is -4.86. The number of ether oxygens (including phenoxy) is 1. The Labute approximate surface area is 174 Å². The molecule has 1 aliphatic heterocycles. The topological polar surface area (TPSA) is 89.3 Å². The fourth-order valence-electron chi connectivity index (χ4n) is 3.36. The molecule has 11 heteroatoms. The van der Waals surface area contributed by atoms with Crippen LogP contribution in [-0.4, -0.2) is 23.2 Å². The van der Waals surface area contributed by atoms with E-state index in [9.17, 15) is 26.7 Å². The van der Waals surface area contributed by atoms with Gasteiger partial charge in [0.05, 0.1) is 6.20 Å². The quantitative estimate of drug-likeness (QED) is 0.629. The molecule has 3 rings (SSSR count). The summed E-state index contributed by atoms with van der Waals surface area (Å²) in [5.74, 6) is -2.69. The van der Waals surface area contributed by atoms with Crippen molar-refractivity contribution in [3.05, 3.63) is 70.5 Å². The van der Waals surface area contributed by atoms with Crippen LogP contribution in [0.4, 0.5) is 27.6 Å². The molecule has 0 bridgehead atoms. The lowest BCUT2D eigenvalue weighted by molar-refractivity contribution is -0.237. The van der Waals surface area contributed by atoms with Crippen LogP contribution in [0.25, 0.3) is 0 Å². The molecule has 2 aromatic rings. The first-order valence-corrected chi connectivity index (χ1v) is 9.04. The Hall–Kier alpha value is -3.37. The summed E-state index contributed by atoms with van der Waals surface area (Å²) in [6.07, 6.45) is -6.45. The third kappa shape index (κ3) is 4.25. The van der Waals surface area contributed by atoms with E-state index in [0.717, 1.165) is 31.3 Å². The zero-order chi connectivity index (χ0) is 23.1. The first-order chi connectivity index (χ1) is 14.3. The van der Waals surface area contributed by atoms with E-state index < -0.39 is 40.9 Å². The van der Waals surface area contributed by atoms with E-state index in [4.69, 9.17) is 10.5 Å². The van der Waals surface area contributed by atoms with Crippen LogP contribution >= 0.6 is 0 Å². The number of rotatable bonds is 3. The number of hydrogen-bond acceptors (Lipinski definition) is 5. The van der Waals surface area contributed by atoms with Gasteiger partial charge in [0, 0.05) is 11.3 Å². The van der Waals surface area contributed by atoms with Gasteiger partial charge in [-0.15, -0.1) is 0 Å². The number of aromatic nitrogens is 1. The zero-order valence-electron chi connectivity index (χ0n) is 16.7. The van der Waals surface area contributed by atoms with Crippen molar-refractivity contribution in [2.45, 2.75) is 38.6 Å².